The van der Waals surface area contributed by atoms with Crippen LogP contribution in [0.15, 0.2) is 18.2 Å². The maximum Gasteiger partial charge on any atom is 0.121 e. The first kappa shape index (κ1) is 9.71. The molecule has 3 nitrogen and oxygen atoms in total. The molecule has 0 atom stereocenters. The average Bonchev–Trinajstić information content (AvgIpc) is 2.10. The van der Waals surface area contributed by atoms with E-state index in [-0.39, 0.29) is 0 Å². The molecule has 0 heterocycles. The molecular weight excluding hydrogens is 164 g/mol. The summed E-state index contributed by atoms with van der Waals surface area (Å²) in [4.78, 5) is 0. The molecule has 0 bridgehead atoms. The van der Waals surface area contributed by atoms with Crippen molar-refractivity contribution in [2.45, 2.75) is 13.8 Å². The fourth-order valence-corrected chi connectivity index (χ4v) is 1.15. The summed E-state index contributed by atoms with van der Waals surface area (Å²) in [5.74, 6) is 0.821. The Balaban J connectivity index is 2.79. The summed E-state index contributed by atoms with van der Waals surface area (Å²) >= 11 is 0. The third-order valence-corrected chi connectivity index (χ3v) is 1.70. The quantitative estimate of drug-likeness (QED) is 0.697. The average molecular weight is 180 g/mol. The molecule has 0 saturated heterocycles. The molecule has 1 aromatic carbocycles. The third-order valence-electron chi connectivity index (χ3n) is 1.70. The van der Waals surface area contributed by atoms with Crippen molar-refractivity contribution in [3.8, 4) is 5.75 Å². The molecule has 0 aliphatic rings. The number of hydrogen-bond donors (Lipinski definition) is 2. The largest absolute Gasteiger partial charge is 0.494 e. The van der Waals surface area contributed by atoms with Gasteiger partial charge in [0.05, 0.1) is 18.0 Å². The molecular formula is C10H16N2O. The van der Waals surface area contributed by atoms with E-state index in [2.05, 4.69) is 5.32 Å². The van der Waals surface area contributed by atoms with Gasteiger partial charge in [0, 0.05) is 12.6 Å². The van der Waals surface area contributed by atoms with Crippen molar-refractivity contribution in [2.24, 2.45) is 0 Å². The zero-order valence-corrected chi connectivity index (χ0v) is 8.13. The van der Waals surface area contributed by atoms with Crippen LogP contribution in [0.3, 0.4) is 0 Å². The van der Waals surface area contributed by atoms with Gasteiger partial charge in [0.1, 0.15) is 5.75 Å². The van der Waals surface area contributed by atoms with E-state index in [4.69, 9.17) is 10.5 Å². The van der Waals surface area contributed by atoms with Gasteiger partial charge in [-0.15, -0.1) is 0 Å². The highest BCUT2D eigenvalue weighted by Crippen LogP contribution is 2.23. The van der Waals surface area contributed by atoms with Crippen LogP contribution >= 0.6 is 0 Å². The monoisotopic (exact) mass is 180 g/mol. The van der Waals surface area contributed by atoms with E-state index in [0.29, 0.717) is 6.61 Å². The molecule has 1 aromatic rings. The van der Waals surface area contributed by atoms with Crippen LogP contribution in [-0.2, 0) is 0 Å². The minimum absolute atomic E-state index is 0.667. The fraction of sp³-hybridized carbons (Fsp3) is 0.400. The first-order valence-electron chi connectivity index (χ1n) is 4.54. The highest BCUT2D eigenvalue weighted by atomic mass is 16.5. The minimum Gasteiger partial charge on any atom is -0.494 e. The second-order valence-corrected chi connectivity index (χ2v) is 2.71. The van der Waals surface area contributed by atoms with Crippen molar-refractivity contribution >= 4 is 11.4 Å². The van der Waals surface area contributed by atoms with E-state index in [1.165, 1.54) is 0 Å². The standard InChI is InChI=1S/C10H16N2O/c1-3-12-10-6-5-8(13-4-2)7-9(10)11/h5-7,12H,3-4,11H2,1-2H3. The smallest absolute Gasteiger partial charge is 0.121 e. The molecule has 3 N–H and O–H groups in total. The van der Waals surface area contributed by atoms with Crippen molar-refractivity contribution < 1.29 is 4.74 Å². The number of nitrogens with two attached hydrogens (primary N) is 1. The van der Waals surface area contributed by atoms with Gasteiger partial charge in [-0.1, -0.05) is 0 Å². The summed E-state index contributed by atoms with van der Waals surface area (Å²) in [5, 5.41) is 3.16. The van der Waals surface area contributed by atoms with Crippen LogP contribution in [0.4, 0.5) is 11.4 Å². The Hall–Kier alpha value is -1.38. The predicted octanol–water partition coefficient (Wildman–Crippen LogP) is 2.10. The number of ether oxygens (including phenoxy) is 1. The summed E-state index contributed by atoms with van der Waals surface area (Å²) in [5.41, 5.74) is 7.49. The first-order valence-corrected chi connectivity index (χ1v) is 4.54. The molecule has 1 rings (SSSR count). The molecule has 0 fully saturated rings. The zero-order chi connectivity index (χ0) is 9.68. The van der Waals surface area contributed by atoms with Crippen LogP contribution in [0.5, 0.6) is 5.75 Å². The van der Waals surface area contributed by atoms with Crippen LogP contribution < -0.4 is 15.8 Å². The van der Waals surface area contributed by atoms with E-state index < -0.39 is 0 Å². The van der Waals surface area contributed by atoms with Gasteiger partial charge in [0.15, 0.2) is 0 Å². The molecule has 0 aliphatic carbocycles. The Kier molecular flexibility index (Phi) is 3.43. The molecule has 3 heteroatoms. The van der Waals surface area contributed by atoms with Crippen LogP contribution in [0.2, 0.25) is 0 Å². The van der Waals surface area contributed by atoms with Crippen LogP contribution in [-0.4, -0.2) is 13.2 Å². The Bertz CT molecular complexity index is 274. The molecule has 0 aromatic heterocycles. The Morgan fingerprint density at radius 2 is 2.15 bits per heavy atom. The molecule has 0 unspecified atom stereocenters. The van der Waals surface area contributed by atoms with Gasteiger partial charge in [-0.25, -0.2) is 0 Å². The van der Waals surface area contributed by atoms with Crippen LogP contribution in [0.1, 0.15) is 13.8 Å². The number of hydrogen-bond acceptors (Lipinski definition) is 3. The van der Waals surface area contributed by atoms with E-state index in [1.54, 1.807) is 0 Å². The second-order valence-electron chi connectivity index (χ2n) is 2.71. The van der Waals surface area contributed by atoms with E-state index in [9.17, 15) is 0 Å². The molecule has 0 aliphatic heterocycles. The summed E-state index contributed by atoms with van der Waals surface area (Å²) in [6.07, 6.45) is 0. The Morgan fingerprint density at radius 3 is 2.69 bits per heavy atom. The van der Waals surface area contributed by atoms with Gasteiger partial charge in [-0.05, 0) is 26.0 Å². The normalized spacial score (nSPS) is 9.69. The lowest BCUT2D eigenvalue weighted by Gasteiger charge is -2.09. The molecule has 0 spiro atoms. The van der Waals surface area contributed by atoms with Crippen molar-refractivity contribution in [3.05, 3.63) is 18.2 Å². The zero-order valence-electron chi connectivity index (χ0n) is 8.13. The molecule has 72 valence electrons. The lowest BCUT2D eigenvalue weighted by Crippen LogP contribution is -2.01. The van der Waals surface area contributed by atoms with Gasteiger partial charge in [0.25, 0.3) is 0 Å². The lowest BCUT2D eigenvalue weighted by atomic mass is 10.2. The molecule has 13 heavy (non-hydrogen) atoms. The predicted molar refractivity (Wildman–Crippen MR) is 56.2 cm³/mol. The number of benzene rings is 1. The summed E-state index contributed by atoms with van der Waals surface area (Å²) in [6, 6.07) is 5.68. The first-order chi connectivity index (χ1) is 6.27. The maximum atomic E-state index is 5.80. The third kappa shape index (κ3) is 2.54. The highest BCUT2D eigenvalue weighted by Gasteiger charge is 1.99. The fourth-order valence-electron chi connectivity index (χ4n) is 1.15. The summed E-state index contributed by atoms with van der Waals surface area (Å²) in [6.45, 7) is 5.53. The topological polar surface area (TPSA) is 47.3 Å². The van der Waals surface area contributed by atoms with Crippen LogP contribution in [0, 0.1) is 0 Å². The summed E-state index contributed by atoms with van der Waals surface area (Å²) < 4.78 is 5.31. The minimum atomic E-state index is 0.667. The molecule has 0 radical (unpaired) electrons. The highest BCUT2D eigenvalue weighted by molar-refractivity contribution is 5.68. The van der Waals surface area contributed by atoms with Crippen molar-refractivity contribution in [1.29, 1.82) is 0 Å². The van der Waals surface area contributed by atoms with Crippen molar-refractivity contribution in [2.75, 3.05) is 24.2 Å². The number of nitrogens with one attached hydrogen (secondary N) is 1. The van der Waals surface area contributed by atoms with Crippen LogP contribution in [0.25, 0.3) is 0 Å². The SMILES string of the molecule is CCNc1ccc(OCC)cc1N. The lowest BCUT2D eigenvalue weighted by molar-refractivity contribution is 0.340. The van der Waals surface area contributed by atoms with Gasteiger partial charge in [0.2, 0.25) is 0 Å². The van der Waals surface area contributed by atoms with E-state index >= 15 is 0 Å². The van der Waals surface area contributed by atoms with Gasteiger partial charge >= 0.3 is 0 Å². The van der Waals surface area contributed by atoms with Gasteiger partial charge in [-0.2, -0.15) is 0 Å². The second kappa shape index (κ2) is 4.60. The summed E-state index contributed by atoms with van der Waals surface area (Å²) in [7, 11) is 0. The number of nitrogen functional groups attached to an aromatic ring is 1. The van der Waals surface area contributed by atoms with E-state index in [1.807, 2.05) is 32.0 Å². The molecule has 0 saturated carbocycles. The van der Waals surface area contributed by atoms with Gasteiger partial charge < -0.3 is 15.8 Å². The number of anilines is 2. The van der Waals surface area contributed by atoms with Crippen molar-refractivity contribution in [1.82, 2.24) is 0 Å². The number of rotatable bonds is 4. The maximum absolute atomic E-state index is 5.80. The van der Waals surface area contributed by atoms with Gasteiger partial charge in [-0.3, -0.25) is 0 Å². The Labute approximate surface area is 78.9 Å². The van der Waals surface area contributed by atoms with Crippen molar-refractivity contribution in [3.63, 3.8) is 0 Å². The molecule has 0 amide bonds. The van der Waals surface area contributed by atoms with E-state index in [0.717, 1.165) is 23.7 Å². The Morgan fingerprint density at radius 1 is 1.38 bits per heavy atom.